The van der Waals surface area contributed by atoms with Crippen molar-refractivity contribution in [3.8, 4) is 6.07 Å². The van der Waals surface area contributed by atoms with E-state index in [1.807, 2.05) is 30.5 Å². The first-order valence-electron chi connectivity index (χ1n) is 5.09. The Morgan fingerprint density at radius 3 is 2.82 bits per heavy atom. The van der Waals surface area contributed by atoms with Crippen LogP contribution in [0.3, 0.4) is 0 Å². The largest absolute Gasteiger partial charge is 0.355 e. The first-order chi connectivity index (χ1) is 8.31. The van der Waals surface area contributed by atoms with E-state index in [9.17, 15) is 0 Å². The van der Waals surface area contributed by atoms with E-state index in [-0.39, 0.29) is 0 Å². The lowest BCUT2D eigenvalue weighted by atomic mass is 10.3. The van der Waals surface area contributed by atoms with Gasteiger partial charge in [-0.05, 0) is 36.6 Å². The second-order valence-electron chi connectivity index (χ2n) is 3.40. The lowest BCUT2D eigenvalue weighted by Gasteiger charge is -2.07. The van der Waals surface area contributed by atoms with Gasteiger partial charge in [0.25, 0.3) is 0 Å². The van der Waals surface area contributed by atoms with Crippen LogP contribution in [0, 0.1) is 11.3 Å². The molecule has 0 amide bonds. The van der Waals surface area contributed by atoms with Gasteiger partial charge >= 0.3 is 0 Å². The maximum absolute atomic E-state index is 8.77. The van der Waals surface area contributed by atoms with E-state index in [1.54, 1.807) is 24.0 Å². The van der Waals surface area contributed by atoms with Crippen LogP contribution in [-0.4, -0.2) is 11.2 Å². The Balaban J connectivity index is 2.22. The Bertz CT molecular complexity index is 561. The summed E-state index contributed by atoms with van der Waals surface area (Å²) >= 11 is 1.70. The predicted octanol–water partition coefficient (Wildman–Crippen LogP) is 3.42. The SMILES string of the molecule is CSc1cccc(Nc2ccnc(C#N)c2)c1. The van der Waals surface area contributed by atoms with Crippen molar-refractivity contribution in [2.24, 2.45) is 0 Å². The van der Waals surface area contributed by atoms with Crippen LogP contribution in [0.1, 0.15) is 5.69 Å². The third-order valence-corrected chi connectivity index (χ3v) is 2.96. The molecule has 0 bridgehead atoms. The Kier molecular flexibility index (Phi) is 3.63. The molecule has 0 saturated carbocycles. The quantitative estimate of drug-likeness (QED) is 0.836. The lowest BCUT2D eigenvalue weighted by Crippen LogP contribution is -1.92. The summed E-state index contributed by atoms with van der Waals surface area (Å²) in [5.41, 5.74) is 2.29. The second-order valence-corrected chi connectivity index (χ2v) is 4.28. The highest BCUT2D eigenvalue weighted by Gasteiger charge is 1.98. The Morgan fingerprint density at radius 1 is 1.24 bits per heavy atom. The van der Waals surface area contributed by atoms with Crippen molar-refractivity contribution in [1.82, 2.24) is 4.98 Å². The van der Waals surface area contributed by atoms with Crippen molar-refractivity contribution in [3.05, 3.63) is 48.3 Å². The smallest absolute Gasteiger partial charge is 0.142 e. The van der Waals surface area contributed by atoms with Gasteiger partial charge in [0.15, 0.2) is 0 Å². The van der Waals surface area contributed by atoms with Gasteiger partial charge in [-0.25, -0.2) is 4.98 Å². The average Bonchev–Trinajstić information content (AvgIpc) is 2.39. The van der Waals surface area contributed by atoms with Crippen molar-refractivity contribution in [2.45, 2.75) is 4.90 Å². The molecule has 0 aliphatic rings. The highest BCUT2D eigenvalue weighted by Crippen LogP contribution is 2.22. The van der Waals surface area contributed by atoms with Crippen LogP contribution in [0.2, 0.25) is 0 Å². The van der Waals surface area contributed by atoms with E-state index >= 15 is 0 Å². The zero-order valence-corrected chi connectivity index (χ0v) is 10.2. The highest BCUT2D eigenvalue weighted by molar-refractivity contribution is 7.98. The standard InChI is InChI=1S/C13H11N3S/c1-17-13-4-2-3-10(8-13)16-11-5-6-15-12(7-11)9-14/h2-8H,1H3,(H,15,16). The monoisotopic (exact) mass is 241 g/mol. The molecule has 0 aliphatic heterocycles. The van der Waals surface area contributed by atoms with Crippen molar-refractivity contribution in [2.75, 3.05) is 11.6 Å². The zero-order valence-electron chi connectivity index (χ0n) is 9.34. The maximum atomic E-state index is 8.77. The minimum atomic E-state index is 0.413. The fraction of sp³-hybridized carbons (Fsp3) is 0.0769. The minimum absolute atomic E-state index is 0.413. The van der Waals surface area contributed by atoms with Gasteiger partial charge in [-0.1, -0.05) is 6.07 Å². The van der Waals surface area contributed by atoms with E-state index in [2.05, 4.69) is 22.4 Å². The third kappa shape index (κ3) is 2.99. The fourth-order valence-electron chi connectivity index (χ4n) is 1.44. The fourth-order valence-corrected chi connectivity index (χ4v) is 1.90. The first-order valence-corrected chi connectivity index (χ1v) is 6.31. The Morgan fingerprint density at radius 2 is 2.06 bits per heavy atom. The van der Waals surface area contributed by atoms with E-state index in [0.717, 1.165) is 11.4 Å². The molecule has 0 radical (unpaired) electrons. The van der Waals surface area contributed by atoms with E-state index in [1.165, 1.54) is 4.90 Å². The summed E-state index contributed by atoms with van der Waals surface area (Å²) in [6.07, 6.45) is 3.67. The minimum Gasteiger partial charge on any atom is -0.355 e. The van der Waals surface area contributed by atoms with Gasteiger partial charge in [0.05, 0.1) is 0 Å². The molecular weight excluding hydrogens is 230 g/mol. The Labute approximate surface area is 105 Å². The molecule has 0 fully saturated rings. The molecule has 2 rings (SSSR count). The van der Waals surface area contributed by atoms with Crippen LogP contribution in [0.25, 0.3) is 0 Å². The summed E-state index contributed by atoms with van der Waals surface area (Å²) < 4.78 is 0. The van der Waals surface area contributed by atoms with Crippen LogP contribution >= 0.6 is 11.8 Å². The number of anilines is 2. The maximum Gasteiger partial charge on any atom is 0.142 e. The number of hydrogen-bond donors (Lipinski definition) is 1. The molecule has 3 nitrogen and oxygen atoms in total. The number of thioether (sulfide) groups is 1. The molecule has 17 heavy (non-hydrogen) atoms. The predicted molar refractivity (Wildman–Crippen MR) is 70.5 cm³/mol. The molecule has 0 aliphatic carbocycles. The molecule has 0 saturated heterocycles. The summed E-state index contributed by atoms with van der Waals surface area (Å²) in [5, 5.41) is 12.0. The van der Waals surface area contributed by atoms with Gasteiger partial charge in [-0.2, -0.15) is 5.26 Å². The number of nitriles is 1. The molecule has 2 aromatic rings. The van der Waals surface area contributed by atoms with Crippen LogP contribution in [-0.2, 0) is 0 Å². The summed E-state index contributed by atoms with van der Waals surface area (Å²) in [4.78, 5) is 5.13. The molecule has 1 aromatic carbocycles. The second kappa shape index (κ2) is 5.37. The van der Waals surface area contributed by atoms with Gasteiger partial charge in [0.2, 0.25) is 0 Å². The molecule has 0 unspecified atom stereocenters. The number of benzene rings is 1. The number of aromatic nitrogens is 1. The summed E-state index contributed by atoms with van der Waals surface area (Å²) in [6.45, 7) is 0. The van der Waals surface area contributed by atoms with Gasteiger partial charge in [0, 0.05) is 22.5 Å². The highest BCUT2D eigenvalue weighted by atomic mass is 32.2. The molecule has 1 N–H and O–H groups in total. The van der Waals surface area contributed by atoms with Crippen molar-refractivity contribution >= 4 is 23.1 Å². The van der Waals surface area contributed by atoms with E-state index in [4.69, 9.17) is 5.26 Å². The number of nitrogens with zero attached hydrogens (tertiary/aromatic N) is 2. The van der Waals surface area contributed by atoms with Gasteiger partial charge < -0.3 is 5.32 Å². The average molecular weight is 241 g/mol. The molecule has 1 heterocycles. The molecular formula is C13H11N3S. The lowest BCUT2D eigenvalue weighted by molar-refractivity contribution is 1.26. The van der Waals surface area contributed by atoms with Crippen molar-refractivity contribution in [1.29, 1.82) is 5.26 Å². The van der Waals surface area contributed by atoms with E-state index < -0.39 is 0 Å². The number of nitrogens with one attached hydrogen (secondary N) is 1. The third-order valence-electron chi connectivity index (χ3n) is 2.23. The summed E-state index contributed by atoms with van der Waals surface area (Å²) in [5.74, 6) is 0. The van der Waals surface area contributed by atoms with Crippen LogP contribution < -0.4 is 5.32 Å². The molecule has 4 heteroatoms. The summed E-state index contributed by atoms with van der Waals surface area (Å²) in [6, 6.07) is 13.7. The number of rotatable bonds is 3. The van der Waals surface area contributed by atoms with Crippen molar-refractivity contribution in [3.63, 3.8) is 0 Å². The molecule has 1 aromatic heterocycles. The normalized spacial score (nSPS) is 9.65. The topological polar surface area (TPSA) is 48.7 Å². The van der Waals surface area contributed by atoms with Gasteiger partial charge in [0.1, 0.15) is 11.8 Å². The number of hydrogen-bond acceptors (Lipinski definition) is 4. The zero-order chi connectivity index (χ0) is 12.1. The number of pyridine rings is 1. The van der Waals surface area contributed by atoms with E-state index in [0.29, 0.717) is 5.69 Å². The Hall–Kier alpha value is -1.99. The molecule has 0 atom stereocenters. The summed E-state index contributed by atoms with van der Waals surface area (Å²) in [7, 11) is 0. The van der Waals surface area contributed by atoms with Crippen LogP contribution in [0.15, 0.2) is 47.5 Å². The van der Waals surface area contributed by atoms with Gasteiger partial charge in [-0.15, -0.1) is 11.8 Å². The van der Waals surface area contributed by atoms with Gasteiger partial charge in [-0.3, -0.25) is 0 Å². The molecule has 84 valence electrons. The molecule has 0 spiro atoms. The van der Waals surface area contributed by atoms with Crippen LogP contribution in [0.5, 0.6) is 0 Å². The van der Waals surface area contributed by atoms with Crippen molar-refractivity contribution < 1.29 is 0 Å². The first kappa shape index (κ1) is 11.5. The van der Waals surface area contributed by atoms with Crippen LogP contribution in [0.4, 0.5) is 11.4 Å².